The number of nitrogens with one attached hydrogen (secondary N) is 1. The third kappa shape index (κ3) is 4.17. The molecule has 0 fully saturated rings. The zero-order chi connectivity index (χ0) is 20.3. The molecule has 0 spiro atoms. The molecule has 1 N–H and O–H groups in total. The number of fused-ring (bicyclic) bond motifs is 1. The van der Waals surface area contributed by atoms with Gasteiger partial charge in [0, 0.05) is 11.6 Å². The number of anilines is 1. The van der Waals surface area contributed by atoms with Crippen LogP contribution >= 0.6 is 11.6 Å². The van der Waals surface area contributed by atoms with Gasteiger partial charge in [-0.2, -0.15) is 5.10 Å². The monoisotopic (exact) mass is 400 g/mol. The van der Waals surface area contributed by atoms with Crippen LogP contribution in [-0.4, -0.2) is 33.2 Å². The van der Waals surface area contributed by atoms with Gasteiger partial charge in [0.25, 0.3) is 11.5 Å². The Labute approximate surface area is 165 Å². The summed E-state index contributed by atoms with van der Waals surface area (Å²) in [5, 5.41) is 7.79. The minimum atomic E-state index is -0.801. The fraction of sp³-hybridized carbons (Fsp3) is 0.211. The maximum atomic E-state index is 12.5. The average molecular weight is 401 g/mol. The Balaban J connectivity index is 1.79. The first-order valence-electron chi connectivity index (χ1n) is 8.47. The van der Waals surface area contributed by atoms with E-state index in [1.54, 1.807) is 44.2 Å². The average Bonchev–Trinajstić information content (AvgIpc) is 2.68. The molecule has 0 unspecified atom stereocenters. The number of ether oxygens (including phenoxy) is 1. The number of amides is 1. The van der Waals surface area contributed by atoms with Crippen LogP contribution in [0.5, 0.6) is 0 Å². The van der Waals surface area contributed by atoms with E-state index in [2.05, 4.69) is 15.4 Å². The number of carbonyl (C=O) groups is 2. The van der Waals surface area contributed by atoms with E-state index in [0.29, 0.717) is 15.8 Å². The molecule has 3 rings (SSSR count). The topological polar surface area (TPSA) is 103 Å². The van der Waals surface area contributed by atoms with Gasteiger partial charge in [-0.3, -0.25) is 9.59 Å². The van der Waals surface area contributed by atoms with E-state index in [-0.39, 0.29) is 23.1 Å². The van der Waals surface area contributed by atoms with E-state index in [1.807, 2.05) is 0 Å². The van der Waals surface area contributed by atoms with Gasteiger partial charge in [0.1, 0.15) is 5.82 Å². The van der Waals surface area contributed by atoms with Crippen LogP contribution in [-0.2, 0) is 9.53 Å². The number of carbonyl (C=O) groups excluding carboxylic acids is 2. The van der Waals surface area contributed by atoms with Gasteiger partial charge in [0.05, 0.1) is 16.5 Å². The van der Waals surface area contributed by atoms with Crippen LogP contribution in [0.4, 0.5) is 5.82 Å². The standard InChI is InChI=1S/C19H17ClN4O4/c1-11(2)24-18(26)14-6-4-3-5-13(14)17(23-24)19(27)28-10-16(25)22-15-8-7-12(20)9-21-15/h3-9,11H,10H2,1-2H3,(H,21,22,25). The summed E-state index contributed by atoms with van der Waals surface area (Å²) in [5.74, 6) is -1.09. The van der Waals surface area contributed by atoms with Gasteiger partial charge in [-0.15, -0.1) is 0 Å². The highest BCUT2D eigenvalue weighted by Gasteiger charge is 2.20. The second kappa shape index (κ2) is 8.18. The predicted octanol–water partition coefficient (Wildman–Crippen LogP) is 2.82. The summed E-state index contributed by atoms with van der Waals surface area (Å²) in [6.45, 7) is 3.04. The molecule has 0 saturated carbocycles. The van der Waals surface area contributed by atoms with Crippen molar-refractivity contribution in [2.75, 3.05) is 11.9 Å². The normalized spacial score (nSPS) is 10.9. The van der Waals surface area contributed by atoms with Crippen molar-refractivity contribution in [3.8, 4) is 0 Å². The van der Waals surface area contributed by atoms with Crippen molar-refractivity contribution in [1.29, 1.82) is 0 Å². The molecule has 1 amide bonds. The summed E-state index contributed by atoms with van der Waals surface area (Å²) in [5.41, 5.74) is -0.324. The van der Waals surface area contributed by atoms with Crippen LogP contribution in [0.25, 0.3) is 10.8 Å². The molecule has 144 valence electrons. The van der Waals surface area contributed by atoms with Crippen molar-refractivity contribution in [3.05, 3.63) is 63.7 Å². The zero-order valence-corrected chi connectivity index (χ0v) is 15.9. The van der Waals surface area contributed by atoms with Crippen LogP contribution < -0.4 is 10.9 Å². The second-order valence-electron chi connectivity index (χ2n) is 6.22. The van der Waals surface area contributed by atoms with Crippen LogP contribution in [0.3, 0.4) is 0 Å². The maximum Gasteiger partial charge on any atom is 0.359 e. The smallest absolute Gasteiger partial charge is 0.359 e. The molecule has 8 nitrogen and oxygen atoms in total. The molecule has 3 aromatic rings. The number of rotatable bonds is 5. The molecule has 9 heteroatoms. The molecule has 2 aromatic heterocycles. The van der Waals surface area contributed by atoms with E-state index >= 15 is 0 Å². The van der Waals surface area contributed by atoms with Crippen molar-refractivity contribution < 1.29 is 14.3 Å². The van der Waals surface area contributed by atoms with Crippen LogP contribution in [0.15, 0.2) is 47.4 Å². The van der Waals surface area contributed by atoms with E-state index in [0.717, 1.165) is 0 Å². The van der Waals surface area contributed by atoms with E-state index in [4.69, 9.17) is 16.3 Å². The molecule has 0 atom stereocenters. The lowest BCUT2D eigenvalue weighted by atomic mass is 10.1. The van der Waals surface area contributed by atoms with Gasteiger partial charge in [-0.05, 0) is 32.0 Å². The molecular formula is C19H17ClN4O4. The Morgan fingerprint density at radius 1 is 1.18 bits per heavy atom. The van der Waals surface area contributed by atoms with Gasteiger partial charge in [-0.25, -0.2) is 14.5 Å². The Kier molecular flexibility index (Phi) is 5.70. The summed E-state index contributed by atoms with van der Waals surface area (Å²) < 4.78 is 6.30. The van der Waals surface area contributed by atoms with Crippen molar-refractivity contribution in [2.45, 2.75) is 19.9 Å². The largest absolute Gasteiger partial charge is 0.451 e. The molecule has 0 saturated heterocycles. The third-order valence-corrected chi connectivity index (χ3v) is 4.06. The Morgan fingerprint density at radius 3 is 2.54 bits per heavy atom. The van der Waals surface area contributed by atoms with Gasteiger partial charge >= 0.3 is 5.97 Å². The van der Waals surface area contributed by atoms with Gasteiger partial charge in [0.2, 0.25) is 0 Å². The van der Waals surface area contributed by atoms with Crippen molar-refractivity contribution in [2.24, 2.45) is 0 Å². The first-order chi connectivity index (χ1) is 13.4. The molecule has 2 heterocycles. The maximum absolute atomic E-state index is 12.5. The molecule has 0 radical (unpaired) electrons. The van der Waals surface area contributed by atoms with Crippen molar-refractivity contribution in [1.82, 2.24) is 14.8 Å². The lowest BCUT2D eigenvalue weighted by Gasteiger charge is -2.13. The summed E-state index contributed by atoms with van der Waals surface area (Å²) >= 11 is 5.74. The zero-order valence-electron chi connectivity index (χ0n) is 15.2. The molecular weight excluding hydrogens is 384 g/mol. The SMILES string of the molecule is CC(C)n1nc(C(=O)OCC(=O)Nc2ccc(Cl)cn2)c2ccccc2c1=O. The Hall–Kier alpha value is -3.26. The summed E-state index contributed by atoms with van der Waals surface area (Å²) in [6.07, 6.45) is 1.38. The Morgan fingerprint density at radius 2 is 1.89 bits per heavy atom. The first kappa shape index (κ1) is 19.5. The van der Waals surface area contributed by atoms with Gasteiger partial charge in [0.15, 0.2) is 12.3 Å². The number of aromatic nitrogens is 3. The second-order valence-corrected chi connectivity index (χ2v) is 6.66. The fourth-order valence-electron chi connectivity index (χ4n) is 2.54. The van der Waals surface area contributed by atoms with Gasteiger partial charge in [-0.1, -0.05) is 29.8 Å². The minimum Gasteiger partial charge on any atom is -0.451 e. The number of pyridine rings is 1. The van der Waals surface area contributed by atoms with Crippen LogP contribution in [0.2, 0.25) is 5.02 Å². The minimum absolute atomic E-state index is 0.0266. The fourth-order valence-corrected chi connectivity index (χ4v) is 2.65. The van der Waals surface area contributed by atoms with E-state index in [1.165, 1.54) is 16.9 Å². The third-order valence-electron chi connectivity index (χ3n) is 3.84. The Bertz CT molecular complexity index is 1090. The lowest BCUT2D eigenvalue weighted by molar-refractivity contribution is -0.119. The summed E-state index contributed by atoms with van der Waals surface area (Å²) in [7, 11) is 0. The molecule has 28 heavy (non-hydrogen) atoms. The van der Waals surface area contributed by atoms with Crippen LogP contribution in [0, 0.1) is 0 Å². The quantitative estimate of drug-likeness (QED) is 0.660. The number of hydrogen-bond acceptors (Lipinski definition) is 6. The molecule has 0 aliphatic rings. The highest BCUT2D eigenvalue weighted by Crippen LogP contribution is 2.16. The summed E-state index contributed by atoms with van der Waals surface area (Å²) in [4.78, 5) is 41.0. The van der Waals surface area contributed by atoms with Crippen LogP contribution in [0.1, 0.15) is 30.4 Å². The van der Waals surface area contributed by atoms with Crippen molar-refractivity contribution >= 4 is 40.1 Å². The van der Waals surface area contributed by atoms with Crippen molar-refractivity contribution in [3.63, 3.8) is 0 Å². The number of nitrogens with zero attached hydrogens (tertiary/aromatic N) is 3. The number of esters is 1. The number of halogens is 1. The van der Waals surface area contributed by atoms with E-state index in [9.17, 15) is 14.4 Å². The highest BCUT2D eigenvalue weighted by molar-refractivity contribution is 6.30. The lowest BCUT2D eigenvalue weighted by Crippen LogP contribution is -2.29. The number of hydrogen-bond donors (Lipinski definition) is 1. The molecule has 0 bridgehead atoms. The highest BCUT2D eigenvalue weighted by atomic mass is 35.5. The predicted molar refractivity (Wildman–Crippen MR) is 105 cm³/mol. The molecule has 0 aliphatic carbocycles. The first-order valence-corrected chi connectivity index (χ1v) is 8.84. The summed E-state index contributed by atoms with van der Waals surface area (Å²) in [6, 6.07) is 9.48. The van der Waals surface area contributed by atoms with E-state index < -0.39 is 18.5 Å². The number of benzene rings is 1. The van der Waals surface area contributed by atoms with Gasteiger partial charge < -0.3 is 10.1 Å². The molecule has 0 aliphatic heterocycles. The molecule has 1 aromatic carbocycles.